The van der Waals surface area contributed by atoms with E-state index in [9.17, 15) is 19.2 Å². The van der Waals surface area contributed by atoms with Gasteiger partial charge in [0.15, 0.2) is 11.6 Å². The first-order chi connectivity index (χ1) is 23.7. The Morgan fingerprint density at radius 2 is 0.980 bits per heavy atom. The van der Waals surface area contributed by atoms with Crippen LogP contribution in [0.5, 0.6) is 0 Å². The second-order valence-electron chi connectivity index (χ2n) is 11.2. The van der Waals surface area contributed by atoms with Crippen molar-refractivity contribution in [1.29, 1.82) is 0 Å². The molecule has 0 amide bonds. The van der Waals surface area contributed by atoms with Crippen LogP contribution < -0.4 is 9.80 Å². The number of ether oxygens (including phenoxy) is 2. The molecule has 0 aliphatic rings. The smallest absolute Gasteiger partial charge is 0.338 e. The Morgan fingerprint density at radius 3 is 1.41 bits per heavy atom. The van der Waals surface area contributed by atoms with Crippen LogP contribution in [-0.4, -0.2) is 70.3 Å². The zero-order chi connectivity index (χ0) is 35.6. The zero-order valence-electron chi connectivity index (χ0n) is 29.1. The molecule has 0 saturated heterocycles. The second-order valence-corrected chi connectivity index (χ2v) is 11.2. The predicted molar refractivity (Wildman–Crippen MR) is 198 cm³/mol. The number of hydrogen-bond acceptors (Lipinski definition) is 8. The third-order valence-corrected chi connectivity index (χ3v) is 7.89. The van der Waals surface area contributed by atoms with Gasteiger partial charge in [0.05, 0.1) is 18.7 Å². The predicted octanol–water partition coefficient (Wildman–Crippen LogP) is 7.92. The van der Waals surface area contributed by atoms with Gasteiger partial charge in [-0.05, 0) is 75.2 Å². The molecule has 0 spiro atoms. The van der Waals surface area contributed by atoms with E-state index in [1.54, 1.807) is 55.6 Å². The number of aldehydes is 1. The molecule has 0 aliphatic heterocycles. The Bertz CT molecular complexity index is 1660. The number of rotatable bonds is 16. The summed E-state index contributed by atoms with van der Waals surface area (Å²) in [6, 6.07) is 30.0. The maximum atomic E-state index is 12.4. The van der Waals surface area contributed by atoms with Gasteiger partial charge in [0, 0.05) is 54.8 Å². The highest BCUT2D eigenvalue weighted by Gasteiger charge is 2.11. The lowest BCUT2D eigenvalue weighted by molar-refractivity contribution is 0.0513. The van der Waals surface area contributed by atoms with Crippen molar-refractivity contribution in [3.63, 3.8) is 0 Å². The van der Waals surface area contributed by atoms with Crippen LogP contribution in [0.1, 0.15) is 80.3 Å². The summed E-state index contributed by atoms with van der Waals surface area (Å²) in [5.74, 6) is -0.426. The minimum atomic E-state index is -0.405. The van der Waals surface area contributed by atoms with Crippen molar-refractivity contribution in [2.24, 2.45) is 0 Å². The lowest BCUT2D eigenvalue weighted by atomic mass is 10.1. The van der Waals surface area contributed by atoms with E-state index >= 15 is 0 Å². The third-order valence-electron chi connectivity index (χ3n) is 7.89. The van der Waals surface area contributed by atoms with Gasteiger partial charge in [-0.25, -0.2) is 4.79 Å². The number of nitrogens with zero attached hydrogens (tertiary/aromatic N) is 2. The number of ketones is 2. The van der Waals surface area contributed by atoms with Gasteiger partial charge in [-0.15, -0.1) is 0 Å². The van der Waals surface area contributed by atoms with Gasteiger partial charge in [-0.3, -0.25) is 14.4 Å². The molecule has 0 atom stereocenters. The first kappa shape index (κ1) is 38.1. The van der Waals surface area contributed by atoms with Crippen LogP contribution in [0, 0.1) is 0 Å². The summed E-state index contributed by atoms with van der Waals surface area (Å²) < 4.78 is 10.8. The van der Waals surface area contributed by atoms with E-state index in [0.717, 1.165) is 36.2 Å². The van der Waals surface area contributed by atoms with Crippen molar-refractivity contribution in [2.45, 2.75) is 27.7 Å². The van der Waals surface area contributed by atoms with Gasteiger partial charge in [0.1, 0.15) is 12.9 Å². The molecule has 0 bridgehead atoms. The number of esters is 1. The van der Waals surface area contributed by atoms with E-state index in [-0.39, 0.29) is 18.2 Å². The molecule has 0 saturated carbocycles. The molecule has 8 heteroatoms. The van der Waals surface area contributed by atoms with Crippen molar-refractivity contribution < 1.29 is 28.7 Å². The number of Topliss-reactive ketones (excluding diaryl/α,β-unsaturated/α-hetero) is 2. The Kier molecular flexibility index (Phi) is 15.6. The second kappa shape index (κ2) is 20.1. The summed E-state index contributed by atoms with van der Waals surface area (Å²) in [4.78, 5) is 49.3. The molecule has 256 valence electrons. The summed E-state index contributed by atoms with van der Waals surface area (Å²) >= 11 is 0. The summed E-state index contributed by atoms with van der Waals surface area (Å²) in [6.45, 7) is 11.3. The number of methoxy groups -OCH3 is 1. The lowest BCUT2D eigenvalue weighted by Crippen LogP contribution is -2.31. The maximum Gasteiger partial charge on any atom is 0.338 e. The number of anilines is 2. The molecule has 0 radical (unpaired) electrons. The summed E-state index contributed by atoms with van der Waals surface area (Å²) in [7, 11) is 1.67. The number of hydrogen-bond donors (Lipinski definition) is 0. The van der Waals surface area contributed by atoms with Gasteiger partial charge < -0.3 is 19.3 Å². The highest BCUT2D eigenvalue weighted by atomic mass is 16.5. The fourth-order valence-corrected chi connectivity index (χ4v) is 4.91. The Labute approximate surface area is 290 Å². The topological polar surface area (TPSA) is 93.2 Å². The minimum Gasteiger partial charge on any atom is -0.460 e. The standard InChI is InChI=1S/C32H38N2O4.C9H8O2/c1-5-33(6-2)30-17-9-26(10-18-30)7-8-27-11-19-31(20-12-27)34(21-23-37-4)22-24-38-32(36)29-15-13-28(14-16-29)25(3)35;1-7(11)9-4-2-8(6-10)3-5-9/h7-20H,5-6,21-24H2,1-4H3;2-6H,1H3/b8-7+;. The van der Waals surface area contributed by atoms with E-state index in [2.05, 4.69) is 84.3 Å². The monoisotopic (exact) mass is 662 g/mol. The molecule has 0 fully saturated rings. The third kappa shape index (κ3) is 12.3. The molecule has 8 nitrogen and oxygen atoms in total. The Hall–Kier alpha value is -5.34. The summed E-state index contributed by atoms with van der Waals surface area (Å²) in [5, 5.41) is 0. The average molecular weight is 663 g/mol. The molecule has 4 aromatic rings. The molecule has 0 heterocycles. The first-order valence-electron chi connectivity index (χ1n) is 16.4. The SMILES string of the molecule is CC(=O)c1ccc(C=O)cc1.CCN(CC)c1ccc(/C=C/c2ccc(N(CCOC)CCOC(=O)c3ccc(C(C)=O)cc3)cc2)cc1. The normalized spacial score (nSPS) is 10.6. The van der Waals surface area contributed by atoms with Crippen molar-refractivity contribution in [1.82, 2.24) is 0 Å². The minimum absolute atomic E-state index is 0.0162. The Balaban J connectivity index is 0.000000501. The molecular weight excluding hydrogens is 616 g/mol. The highest BCUT2D eigenvalue weighted by molar-refractivity contribution is 5.96. The van der Waals surface area contributed by atoms with Crippen LogP contribution in [0.4, 0.5) is 11.4 Å². The number of carbonyl (C=O) groups excluding carboxylic acids is 4. The average Bonchev–Trinajstić information content (AvgIpc) is 3.13. The van der Waals surface area contributed by atoms with Crippen molar-refractivity contribution in [2.75, 3.05) is 56.3 Å². The molecule has 0 aromatic heterocycles. The van der Waals surface area contributed by atoms with E-state index in [4.69, 9.17) is 9.47 Å². The van der Waals surface area contributed by atoms with Gasteiger partial charge >= 0.3 is 5.97 Å². The molecule has 4 rings (SSSR count). The van der Waals surface area contributed by atoms with Crippen molar-refractivity contribution in [3.05, 3.63) is 130 Å². The van der Waals surface area contributed by atoms with Gasteiger partial charge in [-0.1, -0.05) is 72.8 Å². The largest absolute Gasteiger partial charge is 0.460 e. The molecule has 49 heavy (non-hydrogen) atoms. The van der Waals surface area contributed by atoms with Crippen LogP contribution >= 0.6 is 0 Å². The molecule has 0 unspecified atom stereocenters. The number of benzene rings is 4. The number of carbonyl (C=O) groups is 4. The molecule has 0 aliphatic carbocycles. The van der Waals surface area contributed by atoms with Crippen LogP contribution in [-0.2, 0) is 9.47 Å². The molecular formula is C41H46N2O6. The summed E-state index contributed by atoms with van der Waals surface area (Å²) in [5.41, 5.74) is 6.76. The van der Waals surface area contributed by atoms with Gasteiger partial charge in [0.25, 0.3) is 0 Å². The van der Waals surface area contributed by atoms with E-state index in [1.165, 1.54) is 19.5 Å². The fraction of sp³-hybridized carbons (Fsp3) is 0.268. The summed E-state index contributed by atoms with van der Waals surface area (Å²) in [6.07, 6.45) is 4.98. The maximum absolute atomic E-state index is 12.4. The van der Waals surface area contributed by atoms with Crippen molar-refractivity contribution >= 4 is 47.3 Å². The molecule has 0 N–H and O–H groups in total. The van der Waals surface area contributed by atoms with E-state index in [1.807, 2.05) is 0 Å². The molecule has 4 aromatic carbocycles. The zero-order valence-corrected chi connectivity index (χ0v) is 29.1. The van der Waals surface area contributed by atoms with E-state index in [0.29, 0.717) is 42.0 Å². The van der Waals surface area contributed by atoms with Gasteiger partial charge in [0.2, 0.25) is 0 Å². The fourth-order valence-electron chi connectivity index (χ4n) is 4.91. The highest BCUT2D eigenvalue weighted by Crippen LogP contribution is 2.19. The quantitative estimate of drug-likeness (QED) is 0.0517. The Morgan fingerprint density at radius 1 is 0.571 bits per heavy atom. The van der Waals surface area contributed by atoms with Crippen LogP contribution in [0.2, 0.25) is 0 Å². The van der Waals surface area contributed by atoms with Gasteiger partial charge in [-0.2, -0.15) is 0 Å². The van der Waals surface area contributed by atoms with Crippen LogP contribution in [0.25, 0.3) is 12.2 Å². The van der Waals surface area contributed by atoms with E-state index < -0.39 is 5.97 Å². The van der Waals surface area contributed by atoms with Crippen molar-refractivity contribution in [3.8, 4) is 0 Å². The lowest BCUT2D eigenvalue weighted by Gasteiger charge is -2.24. The van der Waals surface area contributed by atoms with Crippen LogP contribution in [0.15, 0.2) is 97.1 Å². The first-order valence-corrected chi connectivity index (χ1v) is 16.4. The van der Waals surface area contributed by atoms with Crippen LogP contribution in [0.3, 0.4) is 0 Å².